The van der Waals surface area contributed by atoms with Gasteiger partial charge in [0.15, 0.2) is 0 Å². The van der Waals surface area contributed by atoms with Crippen molar-refractivity contribution in [1.29, 1.82) is 0 Å². The van der Waals surface area contributed by atoms with Gasteiger partial charge in [-0.2, -0.15) is 0 Å². The van der Waals surface area contributed by atoms with Gasteiger partial charge >= 0.3 is 0 Å². The Balaban J connectivity index is 1.92. The lowest BCUT2D eigenvalue weighted by molar-refractivity contribution is 0.473. The average Bonchev–Trinajstić information content (AvgIpc) is 2.70. The van der Waals surface area contributed by atoms with E-state index in [0.29, 0.717) is 5.90 Å². The normalized spacial score (nSPS) is 12.0. The highest BCUT2D eigenvalue weighted by Crippen LogP contribution is 2.23. The number of benzene rings is 3. The second-order valence-electron chi connectivity index (χ2n) is 6.28. The quantitative estimate of drug-likeness (QED) is 0.301. The molecule has 0 amide bonds. The molecule has 0 spiro atoms. The van der Waals surface area contributed by atoms with E-state index >= 15 is 0 Å². The zero-order valence-electron chi connectivity index (χ0n) is 15.8. The molecule has 0 aromatic heterocycles. The molecule has 136 valence electrons. The van der Waals surface area contributed by atoms with Gasteiger partial charge in [0.1, 0.15) is 11.5 Å². The summed E-state index contributed by atoms with van der Waals surface area (Å²) in [5, 5.41) is 0. The molecule has 0 saturated carbocycles. The topological polar surface area (TPSA) is 30.8 Å². The van der Waals surface area contributed by atoms with Crippen LogP contribution in [-0.4, -0.2) is 5.90 Å². The van der Waals surface area contributed by atoms with Gasteiger partial charge < -0.3 is 9.47 Å². The van der Waals surface area contributed by atoms with E-state index in [1.165, 1.54) is 5.56 Å². The van der Waals surface area contributed by atoms with Crippen molar-refractivity contribution in [2.45, 2.75) is 20.8 Å². The predicted octanol–water partition coefficient (Wildman–Crippen LogP) is 6.40. The van der Waals surface area contributed by atoms with E-state index in [0.717, 1.165) is 28.3 Å². The maximum absolute atomic E-state index is 6.18. The minimum absolute atomic E-state index is 0.505. The summed E-state index contributed by atoms with van der Waals surface area (Å²) in [5.41, 5.74) is 3.89. The summed E-state index contributed by atoms with van der Waals surface area (Å²) in [7, 11) is 0. The molecule has 3 aromatic rings. The van der Waals surface area contributed by atoms with Gasteiger partial charge in [-0.1, -0.05) is 48.5 Å². The predicted molar refractivity (Wildman–Crippen MR) is 111 cm³/mol. The molecule has 0 heterocycles. The Morgan fingerprint density at radius 3 is 2.19 bits per heavy atom. The van der Waals surface area contributed by atoms with E-state index in [1.54, 1.807) is 6.26 Å². The van der Waals surface area contributed by atoms with Crippen molar-refractivity contribution >= 4 is 11.6 Å². The van der Waals surface area contributed by atoms with Crippen molar-refractivity contribution in [2.24, 2.45) is 4.99 Å². The number of nitrogens with zero attached hydrogens (tertiary/aromatic N) is 1. The Labute approximate surface area is 160 Å². The third-order valence-electron chi connectivity index (χ3n) is 4.20. The third-order valence-corrected chi connectivity index (χ3v) is 4.20. The zero-order valence-corrected chi connectivity index (χ0v) is 15.8. The first kappa shape index (κ1) is 18.5. The molecule has 0 bridgehead atoms. The van der Waals surface area contributed by atoms with Crippen LogP contribution >= 0.6 is 0 Å². The van der Waals surface area contributed by atoms with E-state index in [-0.39, 0.29) is 0 Å². The highest BCUT2D eigenvalue weighted by molar-refractivity contribution is 5.96. The Bertz CT molecular complexity index is 945. The van der Waals surface area contributed by atoms with Crippen LogP contribution in [0.1, 0.15) is 18.1 Å². The molecular weight excluding hydrogens is 334 g/mol. The van der Waals surface area contributed by atoms with Crippen molar-refractivity contribution < 1.29 is 9.47 Å². The van der Waals surface area contributed by atoms with Gasteiger partial charge in [0.05, 0.1) is 11.9 Å². The zero-order chi connectivity index (χ0) is 19.1. The molecule has 0 N–H and O–H groups in total. The van der Waals surface area contributed by atoms with Crippen LogP contribution in [0.4, 0.5) is 5.69 Å². The van der Waals surface area contributed by atoms with Crippen molar-refractivity contribution in [3.8, 4) is 11.5 Å². The summed E-state index contributed by atoms with van der Waals surface area (Å²) in [6.07, 6.45) is 1.67. The monoisotopic (exact) mass is 357 g/mol. The molecule has 27 heavy (non-hydrogen) atoms. The minimum atomic E-state index is 0.505. The first-order chi connectivity index (χ1) is 13.1. The molecule has 3 rings (SSSR count). The SMILES string of the molecule is CC(=COc1ccccc1)C(=Nc1ccccc1)Oc1cccc(C)c1C. The van der Waals surface area contributed by atoms with Gasteiger partial charge in [0.25, 0.3) is 0 Å². The molecule has 0 atom stereocenters. The van der Waals surface area contributed by atoms with Gasteiger partial charge in [-0.15, -0.1) is 0 Å². The van der Waals surface area contributed by atoms with Crippen molar-refractivity contribution in [3.05, 3.63) is 102 Å². The summed E-state index contributed by atoms with van der Waals surface area (Å²) in [6, 6.07) is 25.4. The molecular formula is C24H23NO2. The van der Waals surface area contributed by atoms with Crippen LogP contribution in [0.5, 0.6) is 11.5 Å². The van der Waals surface area contributed by atoms with Crippen molar-refractivity contribution in [1.82, 2.24) is 0 Å². The minimum Gasteiger partial charge on any atom is -0.465 e. The van der Waals surface area contributed by atoms with Crippen molar-refractivity contribution in [3.63, 3.8) is 0 Å². The maximum atomic E-state index is 6.18. The molecule has 0 radical (unpaired) electrons. The third kappa shape index (κ3) is 5.08. The summed E-state index contributed by atoms with van der Waals surface area (Å²) in [4.78, 5) is 4.68. The standard InChI is InChI=1S/C24H23NO2/c1-18-11-10-16-23(20(18)3)27-24(25-21-12-6-4-7-13-21)19(2)17-26-22-14-8-5-9-15-22/h4-17H,1-3H3. The van der Waals surface area contributed by atoms with Crippen molar-refractivity contribution in [2.75, 3.05) is 0 Å². The smallest absolute Gasteiger partial charge is 0.225 e. The van der Waals surface area contributed by atoms with E-state index in [2.05, 4.69) is 18.0 Å². The van der Waals surface area contributed by atoms with Crippen LogP contribution in [0.15, 0.2) is 95.7 Å². The van der Waals surface area contributed by atoms with E-state index < -0.39 is 0 Å². The molecule has 0 aliphatic carbocycles. The molecule has 3 nitrogen and oxygen atoms in total. The number of hydrogen-bond acceptors (Lipinski definition) is 3. The fraction of sp³-hybridized carbons (Fsp3) is 0.125. The molecule has 3 aromatic carbocycles. The molecule has 0 aliphatic rings. The largest absolute Gasteiger partial charge is 0.465 e. The number of hydrogen-bond donors (Lipinski definition) is 0. The second-order valence-corrected chi connectivity index (χ2v) is 6.28. The molecule has 0 saturated heterocycles. The highest BCUT2D eigenvalue weighted by Gasteiger charge is 2.10. The summed E-state index contributed by atoms with van der Waals surface area (Å²) in [5.74, 6) is 2.06. The second kappa shape index (κ2) is 8.86. The van der Waals surface area contributed by atoms with Gasteiger partial charge in [-0.05, 0) is 62.2 Å². The first-order valence-electron chi connectivity index (χ1n) is 8.90. The maximum Gasteiger partial charge on any atom is 0.225 e. The van der Waals surface area contributed by atoms with Gasteiger partial charge in [0.2, 0.25) is 5.90 Å². The number of ether oxygens (including phenoxy) is 2. The van der Waals surface area contributed by atoms with E-state index in [4.69, 9.17) is 9.47 Å². The molecule has 0 unspecified atom stereocenters. The lowest BCUT2D eigenvalue weighted by Gasteiger charge is -2.13. The summed E-state index contributed by atoms with van der Waals surface area (Å²) in [6.45, 7) is 6.04. The number of para-hydroxylation sites is 2. The fourth-order valence-electron chi connectivity index (χ4n) is 2.46. The number of aryl methyl sites for hydroxylation is 1. The van der Waals surface area contributed by atoms with Crippen LogP contribution in [-0.2, 0) is 0 Å². The molecule has 0 fully saturated rings. The summed E-state index contributed by atoms with van der Waals surface area (Å²) >= 11 is 0. The fourth-order valence-corrected chi connectivity index (χ4v) is 2.46. The molecule has 0 aliphatic heterocycles. The van der Waals surface area contributed by atoms with E-state index in [9.17, 15) is 0 Å². The Hall–Kier alpha value is -3.33. The number of aliphatic imine (C=N–C) groups is 1. The average molecular weight is 357 g/mol. The van der Waals surface area contributed by atoms with Gasteiger partial charge in [-0.3, -0.25) is 0 Å². The van der Waals surface area contributed by atoms with E-state index in [1.807, 2.05) is 86.6 Å². The van der Waals surface area contributed by atoms with Crippen LogP contribution in [0, 0.1) is 13.8 Å². The Kier molecular flexibility index (Phi) is 6.06. The highest BCUT2D eigenvalue weighted by atomic mass is 16.5. The lowest BCUT2D eigenvalue weighted by atomic mass is 10.1. The lowest BCUT2D eigenvalue weighted by Crippen LogP contribution is -2.12. The van der Waals surface area contributed by atoms with Crippen LogP contribution in [0.2, 0.25) is 0 Å². The Morgan fingerprint density at radius 1 is 0.815 bits per heavy atom. The molecule has 3 heteroatoms. The van der Waals surface area contributed by atoms with Crippen LogP contribution < -0.4 is 9.47 Å². The van der Waals surface area contributed by atoms with Crippen LogP contribution in [0.3, 0.4) is 0 Å². The Morgan fingerprint density at radius 2 is 1.48 bits per heavy atom. The first-order valence-corrected chi connectivity index (χ1v) is 8.90. The van der Waals surface area contributed by atoms with Gasteiger partial charge in [-0.25, -0.2) is 4.99 Å². The number of rotatable bonds is 5. The van der Waals surface area contributed by atoms with Crippen LogP contribution in [0.25, 0.3) is 0 Å². The summed E-state index contributed by atoms with van der Waals surface area (Å²) < 4.78 is 11.9. The van der Waals surface area contributed by atoms with Gasteiger partial charge in [0, 0.05) is 5.57 Å².